The third-order valence-corrected chi connectivity index (χ3v) is 4.97. The Morgan fingerprint density at radius 3 is 2.32 bits per heavy atom. The van der Waals surface area contributed by atoms with Crippen LogP contribution in [0.3, 0.4) is 0 Å². The first kappa shape index (κ1) is 18.0. The quantitative estimate of drug-likeness (QED) is 0.742. The molecule has 1 fully saturated rings. The summed E-state index contributed by atoms with van der Waals surface area (Å²) in [5.41, 5.74) is 3.45. The molecule has 28 heavy (non-hydrogen) atoms. The van der Waals surface area contributed by atoms with Crippen molar-refractivity contribution >= 4 is 11.7 Å². The van der Waals surface area contributed by atoms with Gasteiger partial charge in [-0.15, -0.1) is 0 Å². The number of para-hydroxylation sites is 1. The Morgan fingerprint density at radius 1 is 0.929 bits per heavy atom. The second-order valence-corrected chi connectivity index (χ2v) is 6.88. The molecule has 1 aromatic heterocycles. The number of carbonyl (C=O) groups excluding carboxylic acids is 1. The van der Waals surface area contributed by atoms with E-state index < -0.39 is 0 Å². The van der Waals surface area contributed by atoms with Gasteiger partial charge in [0.1, 0.15) is 12.7 Å². The maximum absolute atomic E-state index is 12.5. The largest absolute Gasteiger partial charge is 0.368 e. The van der Waals surface area contributed by atoms with Gasteiger partial charge >= 0.3 is 6.03 Å². The monoisotopic (exact) mass is 376 g/mol. The predicted octanol–water partition coefficient (Wildman–Crippen LogP) is 2.36. The molecular formula is C21H24N6O. The molecular weight excluding hydrogens is 352 g/mol. The first-order chi connectivity index (χ1) is 13.8. The van der Waals surface area contributed by atoms with Gasteiger partial charge in [0.25, 0.3) is 0 Å². The SMILES string of the molecule is O=C(NCc1ccc(Cn2cncn2)cc1)N1CCN(c2ccccc2)CC1. The standard InChI is InChI=1S/C21H24N6O/c28-21(26-12-10-25(11-13-26)20-4-2-1-3-5-20)23-14-18-6-8-19(9-7-18)15-27-17-22-16-24-27/h1-9,16-17H,10-15H2,(H,23,28). The average molecular weight is 376 g/mol. The van der Waals surface area contributed by atoms with Crippen LogP contribution >= 0.6 is 0 Å². The Balaban J connectivity index is 1.23. The van der Waals surface area contributed by atoms with Gasteiger partial charge in [-0.25, -0.2) is 14.5 Å². The highest BCUT2D eigenvalue weighted by Crippen LogP contribution is 2.15. The number of benzene rings is 2. The van der Waals surface area contributed by atoms with Crippen LogP contribution in [-0.4, -0.2) is 51.9 Å². The molecule has 0 radical (unpaired) electrons. The van der Waals surface area contributed by atoms with Gasteiger partial charge in [-0.3, -0.25) is 0 Å². The topological polar surface area (TPSA) is 66.3 Å². The second kappa shape index (κ2) is 8.56. The number of piperazine rings is 1. The molecule has 0 unspecified atom stereocenters. The van der Waals surface area contributed by atoms with Gasteiger partial charge in [-0.2, -0.15) is 5.10 Å². The summed E-state index contributed by atoms with van der Waals surface area (Å²) in [6, 6.07) is 18.5. The summed E-state index contributed by atoms with van der Waals surface area (Å²) in [6.45, 7) is 4.40. The Morgan fingerprint density at radius 2 is 1.64 bits per heavy atom. The van der Waals surface area contributed by atoms with Gasteiger partial charge in [-0.05, 0) is 23.3 Å². The van der Waals surface area contributed by atoms with Crippen molar-refractivity contribution < 1.29 is 4.79 Å². The van der Waals surface area contributed by atoms with Gasteiger partial charge in [-0.1, -0.05) is 42.5 Å². The van der Waals surface area contributed by atoms with Crippen LogP contribution in [0.4, 0.5) is 10.5 Å². The molecule has 1 N–H and O–H groups in total. The Bertz CT molecular complexity index is 871. The normalized spacial score (nSPS) is 14.1. The van der Waals surface area contributed by atoms with Crippen molar-refractivity contribution in [1.29, 1.82) is 0 Å². The first-order valence-electron chi connectivity index (χ1n) is 9.51. The fraction of sp³-hybridized carbons (Fsp3) is 0.286. The molecule has 0 saturated carbocycles. The summed E-state index contributed by atoms with van der Waals surface area (Å²) in [7, 11) is 0. The van der Waals surface area contributed by atoms with Crippen molar-refractivity contribution in [2.24, 2.45) is 0 Å². The second-order valence-electron chi connectivity index (χ2n) is 6.88. The summed E-state index contributed by atoms with van der Waals surface area (Å²) in [5.74, 6) is 0. The molecule has 0 aliphatic carbocycles. The zero-order valence-electron chi connectivity index (χ0n) is 15.7. The minimum Gasteiger partial charge on any atom is -0.368 e. The number of rotatable bonds is 5. The number of nitrogens with zero attached hydrogens (tertiary/aromatic N) is 5. The summed E-state index contributed by atoms with van der Waals surface area (Å²) in [4.78, 5) is 20.6. The average Bonchev–Trinajstić information content (AvgIpc) is 3.27. The van der Waals surface area contributed by atoms with Crippen LogP contribution < -0.4 is 10.2 Å². The van der Waals surface area contributed by atoms with Crippen LogP contribution in [0.25, 0.3) is 0 Å². The van der Waals surface area contributed by atoms with E-state index in [1.807, 2.05) is 35.2 Å². The number of amides is 2. The van der Waals surface area contributed by atoms with Crippen molar-refractivity contribution in [3.63, 3.8) is 0 Å². The first-order valence-corrected chi connectivity index (χ1v) is 9.51. The van der Waals surface area contributed by atoms with Crippen molar-refractivity contribution in [2.45, 2.75) is 13.1 Å². The maximum atomic E-state index is 12.5. The molecule has 3 aromatic rings. The van der Waals surface area contributed by atoms with Crippen LogP contribution in [0.15, 0.2) is 67.3 Å². The van der Waals surface area contributed by atoms with Crippen LogP contribution in [0.1, 0.15) is 11.1 Å². The number of aromatic nitrogens is 3. The fourth-order valence-electron chi connectivity index (χ4n) is 3.36. The lowest BCUT2D eigenvalue weighted by Gasteiger charge is -2.36. The summed E-state index contributed by atoms with van der Waals surface area (Å²) in [6.07, 6.45) is 3.23. The highest BCUT2D eigenvalue weighted by molar-refractivity contribution is 5.74. The zero-order valence-corrected chi connectivity index (χ0v) is 15.7. The molecule has 0 spiro atoms. The van der Waals surface area contributed by atoms with E-state index in [2.05, 4.69) is 44.6 Å². The summed E-state index contributed by atoms with van der Waals surface area (Å²) >= 11 is 0. The molecule has 1 saturated heterocycles. The van der Waals surface area contributed by atoms with Crippen LogP contribution in [0.5, 0.6) is 0 Å². The molecule has 4 rings (SSSR count). The van der Waals surface area contributed by atoms with Crippen molar-refractivity contribution in [2.75, 3.05) is 31.1 Å². The Hall–Kier alpha value is -3.35. The van der Waals surface area contributed by atoms with Crippen LogP contribution in [-0.2, 0) is 13.1 Å². The number of nitrogens with one attached hydrogen (secondary N) is 1. The molecule has 1 aliphatic heterocycles. The van der Waals surface area contributed by atoms with Gasteiger partial charge < -0.3 is 15.1 Å². The van der Waals surface area contributed by atoms with E-state index in [-0.39, 0.29) is 6.03 Å². The Kier molecular flexibility index (Phi) is 5.51. The smallest absolute Gasteiger partial charge is 0.317 e. The van der Waals surface area contributed by atoms with E-state index in [9.17, 15) is 4.79 Å². The number of hydrogen-bond acceptors (Lipinski definition) is 4. The molecule has 2 amide bonds. The zero-order chi connectivity index (χ0) is 19.2. The van der Waals surface area contributed by atoms with Gasteiger partial charge in [0, 0.05) is 38.4 Å². The highest BCUT2D eigenvalue weighted by Gasteiger charge is 2.20. The minimum absolute atomic E-state index is 0.000552. The van der Waals surface area contributed by atoms with E-state index in [0.717, 1.165) is 37.3 Å². The number of hydrogen-bond donors (Lipinski definition) is 1. The van der Waals surface area contributed by atoms with E-state index in [1.54, 1.807) is 11.0 Å². The molecule has 2 heterocycles. The van der Waals surface area contributed by atoms with E-state index in [4.69, 9.17) is 0 Å². The molecule has 7 heteroatoms. The number of anilines is 1. The molecule has 144 valence electrons. The van der Waals surface area contributed by atoms with Gasteiger partial charge in [0.2, 0.25) is 0 Å². The van der Waals surface area contributed by atoms with E-state index in [0.29, 0.717) is 13.1 Å². The molecule has 1 aliphatic rings. The van der Waals surface area contributed by atoms with Crippen molar-refractivity contribution in [3.8, 4) is 0 Å². The van der Waals surface area contributed by atoms with E-state index >= 15 is 0 Å². The lowest BCUT2D eigenvalue weighted by molar-refractivity contribution is 0.194. The molecule has 0 atom stereocenters. The van der Waals surface area contributed by atoms with Gasteiger partial charge in [0.05, 0.1) is 6.54 Å². The highest BCUT2D eigenvalue weighted by atomic mass is 16.2. The minimum atomic E-state index is -0.000552. The lowest BCUT2D eigenvalue weighted by atomic mass is 10.1. The van der Waals surface area contributed by atoms with Crippen molar-refractivity contribution in [1.82, 2.24) is 25.0 Å². The summed E-state index contributed by atoms with van der Waals surface area (Å²) in [5, 5.41) is 7.14. The molecule has 0 bridgehead atoms. The third kappa shape index (κ3) is 4.49. The van der Waals surface area contributed by atoms with E-state index in [1.165, 1.54) is 12.0 Å². The number of urea groups is 1. The number of carbonyl (C=O) groups is 1. The molecule has 7 nitrogen and oxygen atoms in total. The summed E-state index contributed by atoms with van der Waals surface area (Å²) < 4.78 is 1.78. The van der Waals surface area contributed by atoms with Crippen LogP contribution in [0, 0.1) is 0 Å². The maximum Gasteiger partial charge on any atom is 0.317 e. The predicted molar refractivity (Wildman–Crippen MR) is 108 cm³/mol. The van der Waals surface area contributed by atoms with Crippen molar-refractivity contribution in [3.05, 3.63) is 78.4 Å². The third-order valence-electron chi connectivity index (χ3n) is 4.97. The van der Waals surface area contributed by atoms with Gasteiger partial charge in [0.15, 0.2) is 0 Å². The fourth-order valence-corrected chi connectivity index (χ4v) is 3.36. The van der Waals surface area contributed by atoms with Crippen LogP contribution in [0.2, 0.25) is 0 Å². The Labute approximate surface area is 164 Å². The lowest BCUT2D eigenvalue weighted by Crippen LogP contribution is -2.51. The molecule has 2 aromatic carbocycles.